The number of allylic oxidation sites excluding steroid dienone is 3. The second-order valence-electron chi connectivity index (χ2n) is 3.32. The third kappa shape index (κ3) is 1.74. The number of rotatable bonds is 1. The summed E-state index contributed by atoms with van der Waals surface area (Å²) in [6.45, 7) is 3.80. The molecule has 0 amide bonds. The summed E-state index contributed by atoms with van der Waals surface area (Å²) in [5.41, 5.74) is 1.31. The highest BCUT2D eigenvalue weighted by Gasteiger charge is 2.26. The van der Waals surface area contributed by atoms with E-state index in [-0.39, 0.29) is 6.10 Å². The summed E-state index contributed by atoms with van der Waals surface area (Å²) in [6, 6.07) is 0.356. The molecule has 2 unspecified atom stereocenters. The highest BCUT2D eigenvalue weighted by atomic mass is 16.5. The molecule has 1 aliphatic heterocycles. The molecule has 1 N–H and O–H groups in total. The molecule has 1 saturated heterocycles. The van der Waals surface area contributed by atoms with Crippen LogP contribution in [-0.4, -0.2) is 25.3 Å². The van der Waals surface area contributed by atoms with Crippen molar-refractivity contribution in [2.75, 3.05) is 13.2 Å². The first kappa shape index (κ1) is 8.73. The Labute approximate surface area is 79.0 Å². The van der Waals surface area contributed by atoms with E-state index in [0.29, 0.717) is 6.04 Å². The fraction of sp³-hybridized carbons (Fsp3) is 0.455. The van der Waals surface area contributed by atoms with Crippen molar-refractivity contribution in [3.8, 4) is 0 Å². The van der Waals surface area contributed by atoms with Gasteiger partial charge in [-0.25, -0.2) is 0 Å². The Hall–Kier alpha value is -0.860. The van der Waals surface area contributed by atoms with Crippen LogP contribution in [0.2, 0.25) is 0 Å². The average Bonchev–Trinajstić information content (AvgIpc) is 2.19. The zero-order chi connectivity index (χ0) is 9.10. The zero-order valence-electron chi connectivity index (χ0n) is 7.86. The molecule has 0 aromatic carbocycles. The number of morpholine rings is 1. The minimum absolute atomic E-state index is 0.227. The predicted molar refractivity (Wildman–Crippen MR) is 53.6 cm³/mol. The second kappa shape index (κ2) is 3.90. The van der Waals surface area contributed by atoms with Crippen molar-refractivity contribution in [3.63, 3.8) is 0 Å². The lowest BCUT2D eigenvalue weighted by Gasteiger charge is -2.33. The van der Waals surface area contributed by atoms with E-state index < -0.39 is 0 Å². The molecule has 2 heteroatoms. The Morgan fingerprint density at radius 2 is 2.54 bits per heavy atom. The highest BCUT2D eigenvalue weighted by Crippen LogP contribution is 2.19. The lowest BCUT2D eigenvalue weighted by molar-refractivity contribution is 0.0362. The smallest absolute Gasteiger partial charge is 0.0954 e. The minimum Gasteiger partial charge on any atom is -0.371 e. The molecular weight excluding hydrogens is 162 g/mol. The summed E-state index contributed by atoms with van der Waals surface area (Å²) >= 11 is 0. The molecule has 1 heterocycles. The first-order valence-electron chi connectivity index (χ1n) is 4.78. The van der Waals surface area contributed by atoms with E-state index in [4.69, 9.17) is 4.74 Å². The van der Waals surface area contributed by atoms with Gasteiger partial charge in [-0.2, -0.15) is 0 Å². The van der Waals surface area contributed by atoms with E-state index in [0.717, 1.165) is 13.2 Å². The van der Waals surface area contributed by atoms with Gasteiger partial charge in [-0.05, 0) is 12.5 Å². The SMILES string of the molecule is C/C=C\C1=CC=CC2OCCNC12. The molecule has 70 valence electrons. The monoisotopic (exact) mass is 177 g/mol. The molecule has 2 nitrogen and oxygen atoms in total. The molecule has 1 aliphatic carbocycles. The normalized spacial score (nSPS) is 33.2. The number of ether oxygens (including phenoxy) is 1. The van der Waals surface area contributed by atoms with Crippen LogP contribution in [0.25, 0.3) is 0 Å². The zero-order valence-corrected chi connectivity index (χ0v) is 7.86. The Balaban J connectivity index is 2.17. The summed E-state index contributed by atoms with van der Waals surface area (Å²) < 4.78 is 5.63. The van der Waals surface area contributed by atoms with Crippen LogP contribution in [0.15, 0.2) is 36.0 Å². The Kier molecular flexibility index (Phi) is 2.62. The molecule has 0 saturated carbocycles. The predicted octanol–water partition coefficient (Wildman–Crippen LogP) is 1.42. The van der Waals surface area contributed by atoms with Crippen molar-refractivity contribution in [2.45, 2.75) is 19.1 Å². The van der Waals surface area contributed by atoms with Gasteiger partial charge < -0.3 is 10.1 Å². The summed E-state index contributed by atoms with van der Waals surface area (Å²) in [6.07, 6.45) is 10.8. The third-order valence-corrected chi connectivity index (χ3v) is 2.41. The van der Waals surface area contributed by atoms with Crippen molar-refractivity contribution in [1.82, 2.24) is 5.32 Å². The van der Waals surface area contributed by atoms with Crippen LogP contribution in [0.4, 0.5) is 0 Å². The van der Waals surface area contributed by atoms with Gasteiger partial charge in [-0.15, -0.1) is 0 Å². The molecule has 2 aliphatic rings. The van der Waals surface area contributed by atoms with E-state index in [1.165, 1.54) is 5.57 Å². The maximum Gasteiger partial charge on any atom is 0.0954 e. The fourth-order valence-corrected chi connectivity index (χ4v) is 1.83. The lowest BCUT2D eigenvalue weighted by Crippen LogP contribution is -2.49. The van der Waals surface area contributed by atoms with E-state index in [1.807, 2.05) is 6.92 Å². The van der Waals surface area contributed by atoms with Crippen molar-refractivity contribution in [1.29, 1.82) is 0 Å². The number of hydrogen-bond donors (Lipinski definition) is 1. The maximum atomic E-state index is 5.63. The average molecular weight is 177 g/mol. The van der Waals surface area contributed by atoms with Crippen molar-refractivity contribution in [2.24, 2.45) is 0 Å². The number of nitrogens with one attached hydrogen (secondary N) is 1. The first-order valence-corrected chi connectivity index (χ1v) is 4.78. The lowest BCUT2D eigenvalue weighted by atomic mass is 9.95. The van der Waals surface area contributed by atoms with Gasteiger partial charge in [0, 0.05) is 6.54 Å². The van der Waals surface area contributed by atoms with E-state index >= 15 is 0 Å². The van der Waals surface area contributed by atoms with E-state index in [9.17, 15) is 0 Å². The van der Waals surface area contributed by atoms with Crippen molar-refractivity contribution in [3.05, 3.63) is 36.0 Å². The maximum absolute atomic E-state index is 5.63. The minimum atomic E-state index is 0.227. The Morgan fingerprint density at radius 1 is 1.62 bits per heavy atom. The fourth-order valence-electron chi connectivity index (χ4n) is 1.83. The summed E-state index contributed by atoms with van der Waals surface area (Å²) in [5.74, 6) is 0. The molecule has 0 aromatic heterocycles. The number of hydrogen-bond acceptors (Lipinski definition) is 2. The summed E-state index contributed by atoms with van der Waals surface area (Å²) in [7, 11) is 0. The van der Waals surface area contributed by atoms with Gasteiger partial charge in [0.2, 0.25) is 0 Å². The molecule has 2 atom stereocenters. The molecule has 0 aromatic rings. The van der Waals surface area contributed by atoms with Crippen LogP contribution in [0.5, 0.6) is 0 Å². The molecule has 2 rings (SSSR count). The standard InChI is InChI=1S/C11H15NO/c1-2-4-9-5-3-6-10-11(9)12-7-8-13-10/h2-6,10-12H,7-8H2,1H3/b4-2-. The number of fused-ring (bicyclic) bond motifs is 1. The molecule has 0 bridgehead atoms. The van der Waals surface area contributed by atoms with E-state index in [2.05, 4.69) is 35.7 Å². The van der Waals surface area contributed by atoms with E-state index in [1.54, 1.807) is 0 Å². The van der Waals surface area contributed by atoms with Gasteiger partial charge in [0.05, 0.1) is 18.8 Å². The topological polar surface area (TPSA) is 21.3 Å². The van der Waals surface area contributed by atoms with Gasteiger partial charge in [-0.1, -0.05) is 30.4 Å². The highest BCUT2D eigenvalue weighted by molar-refractivity contribution is 5.35. The van der Waals surface area contributed by atoms with Gasteiger partial charge in [0.25, 0.3) is 0 Å². The molecule has 13 heavy (non-hydrogen) atoms. The van der Waals surface area contributed by atoms with Gasteiger partial charge >= 0.3 is 0 Å². The van der Waals surface area contributed by atoms with Gasteiger partial charge in [0.1, 0.15) is 0 Å². The van der Waals surface area contributed by atoms with Gasteiger partial charge in [0.15, 0.2) is 0 Å². The van der Waals surface area contributed by atoms with Crippen LogP contribution in [0.1, 0.15) is 6.92 Å². The third-order valence-electron chi connectivity index (χ3n) is 2.41. The summed E-state index contributed by atoms with van der Waals surface area (Å²) in [4.78, 5) is 0. The molecule has 0 spiro atoms. The van der Waals surface area contributed by atoms with Gasteiger partial charge in [-0.3, -0.25) is 0 Å². The first-order chi connectivity index (χ1) is 6.42. The largest absolute Gasteiger partial charge is 0.371 e. The quantitative estimate of drug-likeness (QED) is 0.654. The molecule has 1 fully saturated rings. The Bertz CT molecular complexity index is 265. The van der Waals surface area contributed by atoms with Crippen molar-refractivity contribution >= 4 is 0 Å². The summed E-state index contributed by atoms with van der Waals surface area (Å²) in [5, 5.41) is 3.46. The van der Waals surface area contributed by atoms with Crippen LogP contribution < -0.4 is 5.32 Å². The van der Waals surface area contributed by atoms with Crippen LogP contribution in [0, 0.1) is 0 Å². The van der Waals surface area contributed by atoms with Crippen LogP contribution in [0.3, 0.4) is 0 Å². The Morgan fingerprint density at radius 3 is 3.38 bits per heavy atom. The van der Waals surface area contributed by atoms with Crippen LogP contribution >= 0.6 is 0 Å². The molecule has 0 radical (unpaired) electrons. The van der Waals surface area contributed by atoms with Crippen LogP contribution in [-0.2, 0) is 4.74 Å². The van der Waals surface area contributed by atoms with Crippen molar-refractivity contribution < 1.29 is 4.74 Å². The molecular formula is C11H15NO. The second-order valence-corrected chi connectivity index (χ2v) is 3.32.